The number of aromatic nitrogens is 2. The Balaban J connectivity index is 1.86. The molecule has 2 rings (SSSR count). The molecule has 1 aliphatic rings. The number of hydrogen-bond acceptors (Lipinski definition) is 6. The molecule has 0 bridgehead atoms. The Morgan fingerprint density at radius 1 is 1.14 bits per heavy atom. The van der Waals surface area contributed by atoms with Crippen LogP contribution < -0.4 is 5.32 Å². The summed E-state index contributed by atoms with van der Waals surface area (Å²) in [5.41, 5.74) is 1.09. The van der Waals surface area contributed by atoms with Gasteiger partial charge in [0, 0.05) is 51.9 Å². The quantitative estimate of drug-likeness (QED) is 0.532. The van der Waals surface area contributed by atoms with E-state index in [1.54, 1.807) is 11.1 Å². The number of carbonyl (C=O) groups excluding carboxylic acids is 2. The zero-order valence-electron chi connectivity index (χ0n) is 17.9. The smallest absolute Gasteiger partial charge is 0.274 e. The van der Waals surface area contributed by atoms with Gasteiger partial charge in [-0.05, 0) is 19.8 Å². The first-order chi connectivity index (χ1) is 14.1. The normalized spacial score (nSPS) is 14.6. The highest BCUT2D eigenvalue weighted by atomic mass is 16.5. The van der Waals surface area contributed by atoms with E-state index >= 15 is 0 Å². The van der Waals surface area contributed by atoms with E-state index in [1.165, 1.54) is 6.20 Å². The fourth-order valence-corrected chi connectivity index (χ4v) is 3.22. The summed E-state index contributed by atoms with van der Waals surface area (Å²) in [4.78, 5) is 37.5. The molecular formula is C21H35N5O3. The predicted molar refractivity (Wildman–Crippen MR) is 112 cm³/mol. The molecule has 1 N–H and O–H groups in total. The van der Waals surface area contributed by atoms with Crippen molar-refractivity contribution in [1.29, 1.82) is 0 Å². The standard InChI is InChI=1S/C21H35N5O3/c1-3-4-5-8-22-20(27)7-11-26(10-6-9-25-12-14-29-15-13-25)21(28)19-17-23-18(2)16-24-19/h16-17H,3-15H2,1-2H3,(H,22,27). The SMILES string of the molecule is CCCCCNC(=O)CCN(CCCN1CCOCC1)C(=O)c1cnc(C)cn1. The van der Waals surface area contributed by atoms with Gasteiger partial charge in [0.15, 0.2) is 0 Å². The van der Waals surface area contributed by atoms with E-state index in [4.69, 9.17) is 4.74 Å². The molecule has 1 saturated heterocycles. The minimum atomic E-state index is -0.168. The van der Waals surface area contributed by atoms with Crippen LogP contribution in [0.2, 0.25) is 0 Å². The van der Waals surface area contributed by atoms with Crippen molar-refractivity contribution >= 4 is 11.8 Å². The maximum Gasteiger partial charge on any atom is 0.274 e. The molecule has 0 atom stereocenters. The average molecular weight is 406 g/mol. The Morgan fingerprint density at radius 2 is 1.93 bits per heavy atom. The minimum absolute atomic E-state index is 0.0120. The van der Waals surface area contributed by atoms with Gasteiger partial charge in [0.2, 0.25) is 5.91 Å². The lowest BCUT2D eigenvalue weighted by Crippen LogP contribution is -2.40. The lowest BCUT2D eigenvalue weighted by molar-refractivity contribution is -0.121. The van der Waals surface area contributed by atoms with E-state index in [0.717, 1.165) is 64.2 Å². The maximum atomic E-state index is 12.9. The molecule has 1 aromatic rings. The monoisotopic (exact) mass is 405 g/mol. The number of ether oxygens (including phenoxy) is 1. The largest absolute Gasteiger partial charge is 0.379 e. The number of morpholine rings is 1. The van der Waals surface area contributed by atoms with E-state index in [0.29, 0.717) is 31.7 Å². The van der Waals surface area contributed by atoms with Crippen LogP contribution in [0.5, 0.6) is 0 Å². The van der Waals surface area contributed by atoms with Gasteiger partial charge in [0.25, 0.3) is 5.91 Å². The van der Waals surface area contributed by atoms with Crippen LogP contribution in [0, 0.1) is 6.92 Å². The summed E-state index contributed by atoms with van der Waals surface area (Å²) in [5.74, 6) is -0.180. The summed E-state index contributed by atoms with van der Waals surface area (Å²) in [6.07, 6.45) is 7.48. The highest BCUT2D eigenvalue weighted by Gasteiger charge is 2.19. The highest BCUT2D eigenvalue weighted by molar-refractivity contribution is 5.92. The van der Waals surface area contributed by atoms with Gasteiger partial charge in [-0.2, -0.15) is 0 Å². The fraction of sp³-hybridized carbons (Fsp3) is 0.714. The van der Waals surface area contributed by atoms with Crippen LogP contribution in [-0.2, 0) is 9.53 Å². The molecule has 162 valence electrons. The third kappa shape index (κ3) is 8.87. The summed E-state index contributed by atoms with van der Waals surface area (Å²) in [7, 11) is 0. The van der Waals surface area contributed by atoms with Crippen LogP contribution in [-0.4, -0.2) is 84.1 Å². The molecule has 0 saturated carbocycles. The van der Waals surface area contributed by atoms with Crippen LogP contribution in [0.15, 0.2) is 12.4 Å². The van der Waals surface area contributed by atoms with Crippen molar-refractivity contribution < 1.29 is 14.3 Å². The second-order valence-electron chi connectivity index (χ2n) is 7.45. The number of nitrogens with zero attached hydrogens (tertiary/aromatic N) is 4. The van der Waals surface area contributed by atoms with E-state index in [1.807, 2.05) is 6.92 Å². The molecule has 8 heteroatoms. The van der Waals surface area contributed by atoms with E-state index in [9.17, 15) is 9.59 Å². The molecule has 2 amide bonds. The zero-order valence-corrected chi connectivity index (χ0v) is 17.9. The van der Waals surface area contributed by atoms with Crippen LogP contribution in [0.25, 0.3) is 0 Å². The molecular weight excluding hydrogens is 370 g/mol. The van der Waals surface area contributed by atoms with E-state index < -0.39 is 0 Å². The van der Waals surface area contributed by atoms with Gasteiger partial charge in [-0.1, -0.05) is 19.8 Å². The molecule has 0 aliphatic carbocycles. The van der Waals surface area contributed by atoms with Crippen molar-refractivity contribution in [2.75, 3.05) is 52.5 Å². The first-order valence-corrected chi connectivity index (χ1v) is 10.7. The lowest BCUT2D eigenvalue weighted by Gasteiger charge is -2.28. The minimum Gasteiger partial charge on any atom is -0.379 e. The molecule has 2 heterocycles. The van der Waals surface area contributed by atoms with Gasteiger partial charge < -0.3 is 15.0 Å². The Kier molecular flexibility index (Phi) is 10.6. The predicted octanol–water partition coefficient (Wildman–Crippen LogP) is 1.65. The second-order valence-corrected chi connectivity index (χ2v) is 7.45. The number of unbranched alkanes of at least 4 members (excludes halogenated alkanes) is 2. The first kappa shape index (κ1) is 23.2. The Morgan fingerprint density at radius 3 is 2.62 bits per heavy atom. The van der Waals surface area contributed by atoms with Gasteiger partial charge in [0.1, 0.15) is 5.69 Å². The van der Waals surface area contributed by atoms with Crippen molar-refractivity contribution in [2.45, 2.75) is 46.0 Å². The summed E-state index contributed by atoms with van der Waals surface area (Å²) >= 11 is 0. The fourth-order valence-electron chi connectivity index (χ4n) is 3.22. The number of amides is 2. The van der Waals surface area contributed by atoms with Crippen LogP contribution in [0.1, 0.15) is 55.2 Å². The van der Waals surface area contributed by atoms with Crippen molar-refractivity contribution in [2.24, 2.45) is 0 Å². The molecule has 0 spiro atoms. The Hall–Kier alpha value is -2.06. The van der Waals surface area contributed by atoms with Crippen LogP contribution in [0.3, 0.4) is 0 Å². The van der Waals surface area contributed by atoms with Crippen molar-refractivity contribution in [3.05, 3.63) is 23.8 Å². The van der Waals surface area contributed by atoms with Crippen LogP contribution in [0.4, 0.5) is 0 Å². The highest BCUT2D eigenvalue weighted by Crippen LogP contribution is 2.06. The third-order valence-corrected chi connectivity index (χ3v) is 5.00. The molecule has 1 fully saturated rings. The maximum absolute atomic E-state index is 12.9. The lowest BCUT2D eigenvalue weighted by atomic mass is 10.2. The van der Waals surface area contributed by atoms with Crippen molar-refractivity contribution in [1.82, 2.24) is 25.1 Å². The number of nitrogens with one attached hydrogen (secondary N) is 1. The zero-order chi connectivity index (χ0) is 20.9. The van der Waals surface area contributed by atoms with E-state index in [2.05, 4.69) is 27.1 Å². The molecule has 1 aromatic heterocycles. The molecule has 8 nitrogen and oxygen atoms in total. The molecule has 29 heavy (non-hydrogen) atoms. The third-order valence-electron chi connectivity index (χ3n) is 5.00. The van der Waals surface area contributed by atoms with Crippen molar-refractivity contribution in [3.8, 4) is 0 Å². The van der Waals surface area contributed by atoms with Crippen LogP contribution >= 0.6 is 0 Å². The molecule has 0 unspecified atom stereocenters. The van der Waals surface area contributed by atoms with Crippen molar-refractivity contribution in [3.63, 3.8) is 0 Å². The van der Waals surface area contributed by atoms with Gasteiger partial charge in [-0.3, -0.25) is 19.5 Å². The number of carbonyl (C=O) groups is 2. The number of aryl methyl sites for hydroxylation is 1. The summed E-state index contributed by atoms with van der Waals surface area (Å²) in [6, 6.07) is 0. The number of hydrogen-bond donors (Lipinski definition) is 1. The summed E-state index contributed by atoms with van der Waals surface area (Å²) in [5, 5.41) is 2.94. The average Bonchev–Trinajstić information content (AvgIpc) is 2.74. The van der Waals surface area contributed by atoms with Gasteiger partial charge in [-0.25, -0.2) is 4.98 Å². The van der Waals surface area contributed by atoms with Gasteiger partial charge in [0.05, 0.1) is 25.1 Å². The topological polar surface area (TPSA) is 87.7 Å². The Labute approximate surface area is 174 Å². The molecule has 0 radical (unpaired) electrons. The summed E-state index contributed by atoms with van der Waals surface area (Å²) in [6.45, 7) is 9.94. The summed E-state index contributed by atoms with van der Waals surface area (Å²) < 4.78 is 5.38. The van der Waals surface area contributed by atoms with E-state index in [-0.39, 0.29) is 11.8 Å². The second kappa shape index (κ2) is 13.2. The molecule has 0 aromatic carbocycles. The molecule has 1 aliphatic heterocycles. The van der Waals surface area contributed by atoms with Gasteiger partial charge in [-0.15, -0.1) is 0 Å². The first-order valence-electron chi connectivity index (χ1n) is 10.7. The van der Waals surface area contributed by atoms with Gasteiger partial charge >= 0.3 is 0 Å². The Bertz CT molecular complexity index is 617. The number of rotatable bonds is 12.